The first kappa shape index (κ1) is 13.3. The molecule has 0 amide bonds. The second-order valence-electron chi connectivity index (χ2n) is 4.83. The van der Waals surface area contributed by atoms with E-state index in [4.69, 9.17) is 4.52 Å². The molecule has 1 N–H and O–H groups in total. The molecule has 3 rings (SSSR count). The Labute approximate surface area is 120 Å². The average Bonchev–Trinajstić information content (AvgIpc) is 2.94. The summed E-state index contributed by atoms with van der Waals surface area (Å²) >= 11 is 0. The summed E-state index contributed by atoms with van der Waals surface area (Å²) in [6.45, 7) is 3.62. The Bertz CT molecular complexity index is 795. The number of benzene rings is 2. The Morgan fingerprint density at radius 1 is 1.10 bits per heavy atom. The van der Waals surface area contributed by atoms with Crippen LogP contribution >= 0.6 is 0 Å². The summed E-state index contributed by atoms with van der Waals surface area (Å²) in [4.78, 5) is 4.30. The fraction of sp³-hybridized carbons (Fsp3) is 0.125. The van der Waals surface area contributed by atoms with Crippen LogP contribution in [0.3, 0.4) is 0 Å². The molecule has 0 saturated carbocycles. The topological polar surface area (TPSA) is 59.2 Å². The van der Waals surface area contributed by atoms with Gasteiger partial charge >= 0.3 is 0 Å². The van der Waals surface area contributed by atoms with Gasteiger partial charge in [-0.3, -0.25) is 0 Å². The van der Waals surface area contributed by atoms with Crippen LogP contribution in [0.4, 0.5) is 4.39 Å². The summed E-state index contributed by atoms with van der Waals surface area (Å²) in [7, 11) is 0. The molecule has 0 radical (unpaired) electrons. The number of aryl methyl sites for hydroxylation is 1. The van der Waals surface area contributed by atoms with Crippen molar-refractivity contribution in [2.45, 2.75) is 13.8 Å². The molecule has 0 aliphatic rings. The van der Waals surface area contributed by atoms with Crippen molar-refractivity contribution < 1.29 is 14.0 Å². The predicted molar refractivity (Wildman–Crippen MR) is 76.3 cm³/mol. The van der Waals surface area contributed by atoms with Gasteiger partial charge in [-0.25, -0.2) is 4.39 Å². The highest BCUT2D eigenvalue weighted by Gasteiger charge is 2.15. The van der Waals surface area contributed by atoms with E-state index in [1.54, 1.807) is 31.2 Å². The molecule has 106 valence electrons. The average molecular weight is 284 g/mol. The molecule has 0 atom stereocenters. The molecule has 0 saturated heterocycles. The lowest BCUT2D eigenvalue weighted by Crippen LogP contribution is -1.88. The van der Waals surface area contributed by atoms with E-state index in [1.165, 1.54) is 12.1 Å². The number of halogens is 1. The molecule has 0 spiro atoms. The van der Waals surface area contributed by atoms with Crippen LogP contribution in [-0.4, -0.2) is 15.2 Å². The van der Waals surface area contributed by atoms with E-state index in [9.17, 15) is 9.50 Å². The van der Waals surface area contributed by atoms with E-state index in [0.717, 1.165) is 5.56 Å². The van der Waals surface area contributed by atoms with Crippen LogP contribution in [0.1, 0.15) is 11.1 Å². The molecule has 1 heterocycles. The number of nitrogens with zero attached hydrogens (tertiary/aromatic N) is 2. The van der Waals surface area contributed by atoms with Crippen molar-refractivity contribution in [2.24, 2.45) is 0 Å². The third-order valence-electron chi connectivity index (χ3n) is 3.40. The Balaban J connectivity index is 2.08. The van der Waals surface area contributed by atoms with Gasteiger partial charge in [0, 0.05) is 16.7 Å². The van der Waals surface area contributed by atoms with Gasteiger partial charge in [-0.1, -0.05) is 17.3 Å². The molecule has 0 unspecified atom stereocenters. The SMILES string of the molecule is Cc1ccc(F)cc1-c1noc(-c2cccc(O)c2C)n1. The second-order valence-corrected chi connectivity index (χ2v) is 4.83. The van der Waals surface area contributed by atoms with E-state index in [1.807, 2.05) is 6.92 Å². The smallest absolute Gasteiger partial charge is 0.258 e. The second kappa shape index (κ2) is 5.01. The molecular formula is C16H13FN2O2. The largest absolute Gasteiger partial charge is 0.508 e. The lowest BCUT2D eigenvalue weighted by atomic mass is 10.1. The van der Waals surface area contributed by atoms with E-state index in [2.05, 4.69) is 10.1 Å². The lowest BCUT2D eigenvalue weighted by molar-refractivity contribution is 0.430. The van der Waals surface area contributed by atoms with Gasteiger partial charge in [0.15, 0.2) is 0 Å². The molecule has 0 aliphatic carbocycles. The van der Waals surface area contributed by atoms with Gasteiger partial charge in [-0.2, -0.15) is 4.98 Å². The highest BCUT2D eigenvalue weighted by molar-refractivity contribution is 5.66. The Morgan fingerprint density at radius 2 is 1.90 bits per heavy atom. The number of hydrogen-bond donors (Lipinski definition) is 1. The van der Waals surface area contributed by atoms with Crippen LogP contribution in [-0.2, 0) is 0 Å². The quantitative estimate of drug-likeness (QED) is 0.776. The minimum absolute atomic E-state index is 0.161. The zero-order chi connectivity index (χ0) is 15.0. The number of phenols is 1. The van der Waals surface area contributed by atoms with Gasteiger partial charge in [-0.05, 0) is 43.7 Å². The monoisotopic (exact) mass is 284 g/mol. The third-order valence-corrected chi connectivity index (χ3v) is 3.40. The first-order chi connectivity index (χ1) is 10.1. The normalized spacial score (nSPS) is 10.8. The molecule has 4 nitrogen and oxygen atoms in total. The molecule has 0 fully saturated rings. The maximum atomic E-state index is 13.4. The fourth-order valence-electron chi connectivity index (χ4n) is 2.13. The van der Waals surface area contributed by atoms with Crippen molar-refractivity contribution in [3.63, 3.8) is 0 Å². The maximum absolute atomic E-state index is 13.4. The minimum atomic E-state index is -0.351. The van der Waals surface area contributed by atoms with Crippen LogP contribution in [0.5, 0.6) is 5.75 Å². The molecular weight excluding hydrogens is 271 g/mol. The summed E-state index contributed by atoms with van der Waals surface area (Å²) in [6.07, 6.45) is 0. The van der Waals surface area contributed by atoms with E-state index in [-0.39, 0.29) is 11.6 Å². The summed E-state index contributed by atoms with van der Waals surface area (Å²) in [5.41, 5.74) is 2.76. The van der Waals surface area contributed by atoms with Crippen LogP contribution in [0.15, 0.2) is 40.9 Å². The summed E-state index contributed by atoms with van der Waals surface area (Å²) in [5.74, 6) is 0.427. The molecule has 0 aliphatic heterocycles. The zero-order valence-electron chi connectivity index (χ0n) is 11.6. The van der Waals surface area contributed by atoms with Crippen molar-refractivity contribution in [3.8, 4) is 28.6 Å². The van der Waals surface area contributed by atoms with Crippen LogP contribution < -0.4 is 0 Å². The summed E-state index contributed by atoms with van der Waals surface area (Å²) < 4.78 is 18.6. The van der Waals surface area contributed by atoms with Crippen LogP contribution in [0.25, 0.3) is 22.8 Å². The fourth-order valence-corrected chi connectivity index (χ4v) is 2.13. The zero-order valence-corrected chi connectivity index (χ0v) is 11.6. The van der Waals surface area contributed by atoms with Crippen molar-refractivity contribution in [2.75, 3.05) is 0 Å². The summed E-state index contributed by atoms with van der Waals surface area (Å²) in [5, 5.41) is 13.6. The Kier molecular flexibility index (Phi) is 3.17. The Morgan fingerprint density at radius 3 is 2.71 bits per heavy atom. The first-order valence-corrected chi connectivity index (χ1v) is 6.45. The van der Waals surface area contributed by atoms with E-state index < -0.39 is 0 Å². The maximum Gasteiger partial charge on any atom is 0.258 e. The number of aromatic hydroxyl groups is 1. The van der Waals surface area contributed by atoms with Crippen molar-refractivity contribution in [3.05, 3.63) is 53.3 Å². The first-order valence-electron chi connectivity index (χ1n) is 6.45. The highest BCUT2D eigenvalue weighted by atomic mass is 19.1. The molecule has 0 bridgehead atoms. The molecule has 3 aromatic rings. The van der Waals surface area contributed by atoms with E-state index in [0.29, 0.717) is 28.4 Å². The lowest BCUT2D eigenvalue weighted by Gasteiger charge is -2.02. The number of aromatic nitrogens is 2. The van der Waals surface area contributed by atoms with E-state index >= 15 is 0 Å². The Hall–Kier alpha value is -2.69. The van der Waals surface area contributed by atoms with Gasteiger partial charge < -0.3 is 9.63 Å². The van der Waals surface area contributed by atoms with Crippen LogP contribution in [0.2, 0.25) is 0 Å². The van der Waals surface area contributed by atoms with Gasteiger partial charge in [0.25, 0.3) is 5.89 Å². The number of phenolic OH excluding ortho intramolecular Hbond substituents is 1. The van der Waals surface area contributed by atoms with Gasteiger partial charge in [0.2, 0.25) is 5.82 Å². The predicted octanol–water partition coefficient (Wildman–Crippen LogP) is 3.87. The van der Waals surface area contributed by atoms with Crippen molar-refractivity contribution >= 4 is 0 Å². The number of rotatable bonds is 2. The molecule has 5 heteroatoms. The highest BCUT2D eigenvalue weighted by Crippen LogP contribution is 2.30. The van der Waals surface area contributed by atoms with Crippen molar-refractivity contribution in [1.82, 2.24) is 10.1 Å². The third kappa shape index (κ3) is 2.38. The summed E-state index contributed by atoms with van der Waals surface area (Å²) in [6, 6.07) is 9.51. The minimum Gasteiger partial charge on any atom is -0.508 e. The number of hydrogen-bond acceptors (Lipinski definition) is 4. The molecule has 1 aromatic heterocycles. The molecule has 21 heavy (non-hydrogen) atoms. The standard InChI is InChI=1S/C16H13FN2O2/c1-9-6-7-11(17)8-13(9)15-18-16(21-19-15)12-4-3-5-14(20)10(12)2/h3-8,20H,1-2H3. The van der Waals surface area contributed by atoms with Gasteiger partial charge in [-0.15, -0.1) is 0 Å². The molecule has 2 aromatic carbocycles. The van der Waals surface area contributed by atoms with Crippen LogP contribution in [0, 0.1) is 19.7 Å². The van der Waals surface area contributed by atoms with Crippen molar-refractivity contribution in [1.29, 1.82) is 0 Å². The van der Waals surface area contributed by atoms with Gasteiger partial charge in [0.1, 0.15) is 11.6 Å². The van der Waals surface area contributed by atoms with Gasteiger partial charge in [0.05, 0.1) is 0 Å².